The first-order valence-corrected chi connectivity index (χ1v) is 10.4. The Morgan fingerprint density at radius 3 is 2.42 bits per heavy atom. The number of furan rings is 1. The van der Waals surface area contributed by atoms with Gasteiger partial charge in [0.05, 0.1) is 0 Å². The minimum absolute atomic E-state index is 0.0540. The Hall–Kier alpha value is -2.12. The van der Waals surface area contributed by atoms with Crippen molar-refractivity contribution in [3.05, 3.63) is 53.8 Å². The SMILES string of the molecule is CCN(Cc1ccccc1)C(=O)c1ccc(S(=O)(=O)N2CCCCC2)o1. The highest BCUT2D eigenvalue weighted by Crippen LogP contribution is 2.23. The summed E-state index contributed by atoms with van der Waals surface area (Å²) >= 11 is 0. The summed E-state index contributed by atoms with van der Waals surface area (Å²) in [6.07, 6.45) is 2.75. The van der Waals surface area contributed by atoms with E-state index in [1.54, 1.807) is 4.90 Å². The van der Waals surface area contributed by atoms with E-state index in [1.165, 1.54) is 16.4 Å². The Kier molecular flexibility index (Phi) is 5.78. The summed E-state index contributed by atoms with van der Waals surface area (Å²) < 4.78 is 32.2. The molecule has 1 aliphatic rings. The quantitative estimate of drug-likeness (QED) is 0.777. The summed E-state index contributed by atoms with van der Waals surface area (Å²) in [7, 11) is -3.67. The van der Waals surface area contributed by atoms with Crippen molar-refractivity contribution in [1.82, 2.24) is 9.21 Å². The lowest BCUT2D eigenvalue weighted by Gasteiger charge is -2.24. The molecule has 0 bridgehead atoms. The van der Waals surface area contributed by atoms with Gasteiger partial charge in [0.2, 0.25) is 5.09 Å². The highest BCUT2D eigenvalue weighted by Gasteiger charge is 2.30. The van der Waals surface area contributed by atoms with E-state index in [1.807, 2.05) is 37.3 Å². The molecule has 0 radical (unpaired) electrons. The molecule has 2 aromatic rings. The molecule has 2 heterocycles. The minimum atomic E-state index is -3.67. The Labute approximate surface area is 154 Å². The van der Waals surface area contributed by atoms with Crippen LogP contribution in [0.1, 0.15) is 42.3 Å². The lowest BCUT2D eigenvalue weighted by molar-refractivity contribution is 0.0714. The molecule has 0 spiro atoms. The van der Waals surface area contributed by atoms with Gasteiger partial charge in [0.1, 0.15) is 0 Å². The van der Waals surface area contributed by atoms with Crippen molar-refractivity contribution in [3.63, 3.8) is 0 Å². The van der Waals surface area contributed by atoms with Crippen molar-refractivity contribution < 1.29 is 17.6 Å². The molecule has 1 amide bonds. The first-order chi connectivity index (χ1) is 12.5. The number of piperidine rings is 1. The molecule has 0 aliphatic carbocycles. The maximum atomic E-state index is 12.7. The zero-order valence-corrected chi connectivity index (χ0v) is 15.7. The van der Waals surface area contributed by atoms with Gasteiger partial charge in [0.25, 0.3) is 15.9 Å². The van der Waals surface area contributed by atoms with Crippen LogP contribution >= 0.6 is 0 Å². The normalized spacial score (nSPS) is 15.7. The summed E-state index contributed by atoms with van der Waals surface area (Å²) in [5, 5.41) is -0.154. The van der Waals surface area contributed by atoms with Crippen LogP contribution in [0.4, 0.5) is 0 Å². The molecular weight excluding hydrogens is 352 g/mol. The maximum Gasteiger partial charge on any atom is 0.289 e. The zero-order chi connectivity index (χ0) is 18.6. The second-order valence-electron chi connectivity index (χ2n) is 6.39. The van der Waals surface area contributed by atoms with Crippen LogP contribution in [-0.2, 0) is 16.6 Å². The predicted octanol–water partition coefficient (Wildman–Crippen LogP) is 3.12. The smallest absolute Gasteiger partial charge is 0.289 e. The van der Waals surface area contributed by atoms with Gasteiger partial charge in [0, 0.05) is 26.2 Å². The Morgan fingerprint density at radius 2 is 1.77 bits per heavy atom. The van der Waals surface area contributed by atoms with Gasteiger partial charge in [0.15, 0.2) is 5.76 Å². The fourth-order valence-corrected chi connectivity index (χ4v) is 4.52. The van der Waals surface area contributed by atoms with Crippen molar-refractivity contribution >= 4 is 15.9 Å². The van der Waals surface area contributed by atoms with Gasteiger partial charge in [-0.2, -0.15) is 4.31 Å². The molecule has 7 heteroatoms. The molecule has 0 N–H and O–H groups in total. The lowest BCUT2D eigenvalue weighted by atomic mass is 10.2. The number of carbonyl (C=O) groups is 1. The van der Waals surface area contributed by atoms with Gasteiger partial charge in [-0.3, -0.25) is 4.79 Å². The Bertz CT molecular complexity index is 839. The van der Waals surface area contributed by atoms with Crippen molar-refractivity contribution in [2.45, 2.75) is 37.8 Å². The summed E-state index contributed by atoms with van der Waals surface area (Å²) in [6, 6.07) is 12.5. The molecule has 1 fully saturated rings. The molecule has 0 atom stereocenters. The average molecular weight is 376 g/mol. The van der Waals surface area contributed by atoms with Crippen LogP contribution in [0, 0.1) is 0 Å². The van der Waals surface area contributed by atoms with Gasteiger partial charge in [-0.1, -0.05) is 36.8 Å². The fourth-order valence-electron chi connectivity index (χ4n) is 3.09. The predicted molar refractivity (Wildman–Crippen MR) is 98.2 cm³/mol. The molecule has 1 saturated heterocycles. The van der Waals surface area contributed by atoms with Gasteiger partial charge in [-0.15, -0.1) is 0 Å². The van der Waals surface area contributed by atoms with Crippen LogP contribution in [0.2, 0.25) is 0 Å². The van der Waals surface area contributed by atoms with E-state index in [4.69, 9.17) is 4.42 Å². The van der Waals surface area contributed by atoms with Crippen LogP contribution in [0.15, 0.2) is 52.0 Å². The molecule has 0 unspecified atom stereocenters. The minimum Gasteiger partial charge on any atom is -0.438 e. The third-order valence-corrected chi connectivity index (χ3v) is 6.36. The lowest BCUT2D eigenvalue weighted by Crippen LogP contribution is -2.35. The third-order valence-electron chi connectivity index (χ3n) is 4.59. The molecular formula is C19H24N2O4S. The Balaban J connectivity index is 1.76. The highest BCUT2D eigenvalue weighted by molar-refractivity contribution is 7.89. The molecule has 1 aliphatic heterocycles. The second kappa shape index (κ2) is 8.05. The van der Waals surface area contributed by atoms with Crippen molar-refractivity contribution in [2.24, 2.45) is 0 Å². The number of rotatable bonds is 6. The maximum absolute atomic E-state index is 12.7. The standard InChI is InChI=1S/C19H24N2O4S/c1-2-20(15-16-9-5-3-6-10-16)19(22)17-11-12-18(25-17)26(23,24)21-13-7-4-8-14-21/h3,5-6,9-12H,2,4,7-8,13-15H2,1H3. The van der Waals surface area contributed by atoms with E-state index < -0.39 is 10.0 Å². The summed E-state index contributed by atoms with van der Waals surface area (Å²) in [4.78, 5) is 14.4. The molecule has 1 aromatic carbocycles. The third kappa shape index (κ3) is 3.99. The number of nitrogens with zero attached hydrogens (tertiary/aromatic N) is 2. The van der Waals surface area contributed by atoms with Crippen LogP contribution in [-0.4, -0.2) is 43.2 Å². The van der Waals surface area contributed by atoms with E-state index in [-0.39, 0.29) is 16.8 Å². The number of carbonyl (C=O) groups excluding carboxylic acids is 1. The summed E-state index contributed by atoms with van der Waals surface area (Å²) in [5.74, 6) is -0.255. The second-order valence-corrected chi connectivity index (χ2v) is 8.26. The Morgan fingerprint density at radius 1 is 1.08 bits per heavy atom. The molecule has 140 valence electrons. The number of sulfonamides is 1. The van der Waals surface area contributed by atoms with Crippen LogP contribution in [0.25, 0.3) is 0 Å². The summed E-state index contributed by atoms with van der Waals surface area (Å²) in [5.41, 5.74) is 1.01. The van der Waals surface area contributed by atoms with E-state index in [2.05, 4.69) is 0 Å². The number of hydrogen-bond acceptors (Lipinski definition) is 4. The molecule has 0 saturated carbocycles. The van der Waals surface area contributed by atoms with E-state index in [0.717, 1.165) is 24.8 Å². The molecule has 3 rings (SSSR count). The largest absolute Gasteiger partial charge is 0.438 e. The van der Waals surface area contributed by atoms with E-state index in [0.29, 0.717) is 26.2 Å². The summed E-state index contributed by atoms with van der Waals surface area (Å²) in [6.45, 7) is 3.84. The van der Waals surface area contributed by atoms with Crippen LogP contribution < -0.4 is 0 Å². The van der Waals surface area contributed by atoms with Crippen LogP contribution in [0.5, 0.6) is 0 Å². The average Bonchev–Trinajstić information content (AvgIpc) is 3.18. The van der Waals surface area contributed by atoms with Gasteiger partial charge in [-0.05, 0) is 37.5 Å². The van der Waals surface area contributed by atoms with Crippen molar-refractivity contribution in [1.29, 1.82) is 0 Å². The topological polar surface area (TPSA) is 70.8 Å². The van der Waals surface area contributed by atoms with Gasteiger partial charge < -0.3 is 9.32 Å². The van der Waals surface area contributed by atoms with Crippen LogP contribution in [0.3, 0.4) is 0 Å². The van der Waals surface area contributed by atoms with Gasteiger partial charge >= 0.3 is 0 Å². The van der Waals surface area contributed by atoms with Crippen molar-refractivity contribution in [3.8, 4) is 0 Å². The highest BCUT2D eigenvalue weighted by atomic mass is 32.2. The number of benzene rings is 1. The van der Waals surface area contributed by atoms with Crippen molar-refractivity contribution in [2.75, 3.05) is 19.6 Å². The molecule has 26 heavy (non-hydrogen) atoms. The first kappa shape index (κ1) is 18.7. The fraction of sp³-hybridized carbons (Fsp3) is 0.421. The molecule has 6 nitrogen and oxygen atoms in total. The number of amides is 1. The monoisotopic (exact) mass is 376 g/mol. The number of hydrogen-bond donors (Lipinski definition) is 0. The van der Waals surface area contributed by atoms with E-state index in [9.17, 15) is 13.2 Å². The van der Waals surface area contributed by atoms with E-state index >= 15 is 0 Å². The molecule has 1 aromatic heterocycles. The zero-order valence-electron chi connectivity index (χ0n) is 14.9. The van der Waals surface area contributed by atoms with Gasteiger partial charge in [-0.25, -0.2) is 8.42 Å². The first-order valence-electron chi connectivity index (χ1n) is 8.95.